The number of aromatic nitrogens is 2. The van der Waals surface area contributed by atoms with Crippen molar-refractivity contribution in [2.24, 2.45) is 0 Å². The third-order valence-electron chi connectivity index (χ3n) is 5.93. The minimum absolute atomic E-state index is 0.0203. The molecule has 2 aliphatic rings. The molecule has 0 radical (unpaired) electrons. The zero-order valence-electron chi connectivity index (χ0n) is 17.1. The van der Waals surface area contributed by atoms with Gasteiger partial charge in [-0.2, -0.15) is 10.2 Å². The third-order valence-corrected chi connectivity index (χ3v) is 5.93. The van der Waals surface area contributed by atoms with Crippen molar-refractivity contribution in [2.75, 3.05) is 24.5 Å². The van der Waals surface area contributed by atoms with Crippen LogP contribution in [0.4, 0.5) is 10.2 Å². The van der Waals surface area contributed by atoms with Crippen molar-refractivity contribution in [3.8, 4) is 11.9 Å². The molecule has 11 heteroatoms. The summed E-state index contributed by atoms with van der Waals surface area (Å²) >= 11 is 0. The third kappa shape index (κ3) is 3.22. The highest BCUT2D eigenvalue weighted by atomic mass is 19.1. The molecule has 1 atom stereocenters. The van der Waals surface area contributed by atoms with Crippen LogP contribution in [0.5, 0.6) is 5.88 Å². The molecule has 2 aliphatic heterocycles. The van der Waals surface area contributed by atoms with Crippen molar-refractivity contribution in [3.63, 3.8) is 0 Å². The molecule has 1 aromatic heterocycles. The lowest BCUT2D eigenvalue weighted by molar-refractivity contribution is -0.129. The van der Waals surface area contributed by atoms with Gasteiger partial charge in [-0.05, 0) is 17.7 Å². The molecule has 1 amide bonds. The Morgan fingerprint density at radius 3 is 2.87 bits per heavy atom. The molecule has 0 N–H and O–H groups in total. The van der Waals surface area contributed by atoms with Gasteiger partial charge in [-0.3, -0.25) is 9.36 Å². The van der Waals surface area contributed by atoms with E-state index >= 15 is 0 Å². The van der Waals surface area contributed by atoms with E-state index in [9.17, 15) is 14.0 Å². The molecule has 1 fully saturated rings. The highest BCUT2D eigenvalue weighted by Gasteiger charge is 2.48. The second-order valence-corrected chi connectivity index (χ2v) is 8.11. The van der Waals surface area contributed by atoms with Crippen molar-refractivity contribution in [2.45, 2.75) is 24.9 Å². The van der Waals surface area contributed by atoms with E-state index in [1.807, 2.05) is 15.7 Å². The predicted molar refractivity (Wildman–Crippen MR) is 112 cm³/mol. The molecular formula is C19H20B2FN5O3. The van der Waals surface area contributed by atoms with Crippen LogP contribution in [0.15, 0.2) is 29.1 Å². The van der Waals surface area contributed by atoms with Gasteiger partial charge in [0.15, 0.2) is 0 Å². The van der Waals surface area contributed by atoms with Crippen LogP contribution < -0.4 is 15.3 Å². The number of carbonyl (C=O) groups is 1. The highest BCUT2D eigenvalue weighted by Crippen LogP contribution is 2.37. The van der Waals surface area contributed by atoms with Crippen molar-refractivity contribution >= 4 is 27.4 Å². The molecule has 1 aromatic carbocycles. The largest absolute Gasteiger partial charge is 0.473 e. The average molecular weight is 407 g/mol. The molecule has 1 unspecified atom stereocenters. The first kappa shape index (κ1) is 20.0. The number of anilines is 1. The van der Waals surface area contributed by atoms with Crippen LogP contribution in [0.3, 0.4) is 0 Å². The van der Waals surface area contributed by atoms with Gasteiger partial charge in [0.05, 0.1) is 11.6 Å². The zero-order valence-corrected chi connectivity index (χ0v) is 17.1. The second kappa shape index (κ2) is 7.20. The van der Waals surface area contributed by atoms with E-state index in [0.717, 1.165) is 0 Å². The molecule has 1 saturated heterocycles. The van der Waals surface area contributed by atoms with E-state index in [1.165, 1.54) is 18.2 Å². The number of rotatable bonds is 3. The van der Waals surface area contributed by atoms with Gasteiger partial charge in [0, 0.05) is 38.0 Å². The van der Waals surface area contributed by atoms with E-state index in [4.69, 9.17) is 10.00 Å². The number of piperazine rings is 1. The average Bonchev–Trinajstić information content (AvgIpc) is 2.94. The normalized spacial score (nSPS) is 19.0. The minimum Gasteiger partial charge on any atom is -0.473 e. The number of nitrogens with zero attached hydrogens (tertiary/aromatic N) is 5. The second-order valence-electron chi connectivity index (χ2n) is 8.11. The number of ether oxygens (including phenoxy) is 1. The van der Waals surface area contributed by atoms with Crippen LogP contribution in [-0.4, -0.2) is 61.7 Å². The molecule has 8 nitrogen and oxygen atoms in total. The standard InChI is InChI=1S/C19H20B2FN5O3/c1-11(28)25-4-5-26-15(9-25)19(20,21)27-17(26)7-16(24-18(27)29)30-10-12-2-3-14(22)13(6-12)8-23/h2-3,6-7,15H,4-5,9-10,20-21H2,1H3. The van der Waals surface area contributed by atoms with Crippen molar-refractivity contribution < 1.29 is 13.9 Å². The fourth-order valence-electron chi connectivity index (χ4n) is 4.28. The molecular weight excluding hydrogens is 387 g/mol. The molecule has 0 saturated carbocycles. The van der Waals surface area contributed by atoms with Gasteiger partial charge in [-0.25, -0.2) is 9.18 Å². The SMILES string of the molecule is BC1(B)C2CN(C(C)=O)CCN2c2cc(OCc3ccc(F)c(C#N)c3)nc(=O)n21. The summed E-state index contributed by atoms with van der Waals surface area (Å²) < 4.78 is 20.8. The number of nitriles is 1. The monoisotopic (exact) mass is 407 g/mol. The predicted octanol–water partition coefficient (Wildman–Crippen LogP) is -1.24. The van der Waals surface area contributed by atoms with E-state index in [-0.39, 0.29) is 30.0 Å². The maximum absolute atomic E-state index is 13.5. The first-order valence-corrected chi connectivity index (χ1v) is 9.70. The minimum atomic E-state index is -0.590. The number of hydrogen-bond acceptors (Lipinski definition) is 6. The first-order chi connectivity index (χ1) is 14.2. The van der Waals surface area contributed by atoms with Crippen LogP contribution >= 0.6 is 0 Å². The quantitative estimate of drug-likeness (QED) is 0.592. The summed E-state index contributed by atoms with van der Waals surface area (Å²) in [5.74, 6) is 0.305. The highest BCUT2D eigenvalue weighted by molar-refractivity contribution is 6.39. The molecule has 0 spiro atoms. The topological polar surface area (TPSA) is 91.5 Å². The summed E-state index contributed by atoms with van der Waals surface area (Å²) in [6, 6.07) is 7.62. The molecule has 0 bridgehead atoms. The lowest BCUT2D eigenvalue weighted by Gasteiger charge is -2.42. The van der Waals surface area contributed by atoms with Gasteiger partial charge in [0.25, 0.3) is 0 Å². The zero-order chi connectivity index (χ0) is 21.6. The fraction of sp³-hybridized carbons (Fsp3) is 0.368. The van der Waals surface area contributed by atoms with E-state index < -0.39 is 16.8 Å². The van der Waals surface area contributed by atoms with Gasteiger partial charge in [-0.1, -0.05) is 6.07 Å². The molecule has 0 aliphatic carbocycles. The van der Waals surface area contributed by atoms with E-state index in [2.05, 4.69) is 9.88 Å². The fourth-order valence-corrected chi connectivity index (χ4v) is 4.28. The maximum atomic E-state index is 13.5. The molecule has 152 valence electrons. The van der Waals surface area contributed by atoms with Gasteiger partial charge in [0.1, 0.15) is 40.0 Å². The summed E-state index contributed by atoms with van der Waals surface area (Å²) in [7, 11) is 3.94. The van der Waals surface area contributed by atoms with Crippen LogP contribution in [0.2, 0.25) is 0 Å². The summed E-state index contributed by atoms with van der Waals surface area (Å²) in [6.45, 7) is 3.33. The smallest absolute Gasteiger partial charge is 0.351 e. The van der Waals surface area contributed by atoms with Gasteiger partial charge < -0.3 is 14.5 Å². The van der Waals surface area contributed by atoms with Gasteiger partial charge in [-0.15, -0.1) is 0 Å². The Morgan fingerprint density at radius 2 is 2.17 bits per heavy atom. The number of benzene rings is 1. The molecule has 30 heavy (non-hydrogen) atoms. The van der Waals surface area contributed by atoms with Crippen LogP contribution in [0.25, 0.3) is 0 Å². The Morgan fingerprint density at radius 1 is 1.40 bits per heavy atom. The number of hydrogen-bond donors (Lipinski definition) is 0. The number of fused-ring (bicyclic) bond motifs is 3. The lowest BCUT2D eigenvalue weighted by Crippen LogP contribution is -2.60. The summed E-state index contributed by atoms with van der Waals surface area (Å²) in [5.41, 5.74) is 0.114. The molecule has 3 heterocycles. The Kier molecular flexibility index (Phi) is 4.80. The Balaban J connectivity index is 1.61. The lowest BCUT2D eigenvalue weighted by atomic mass is 9.57. The van der Waals surface area contributed by atoms with Crippen molar-refractivity contribution in [1.29, 1.82) is 5.26 Å². The summed E-state index contributed by atoms with van der Waals surface area (Å²) in [6.07, 6.45) is 0. The Hall–Kier alpha value is -3.28. The van der Waals surface area contributed by atoms with Gasteiger partial charge >= 0.3 is 5.69 Å². The van der Waals surface area contributed by atoms with Gasteiger partial charge in [0.2, 0.25) is 11.8 Å². The number of carbonyl (C=O) groups excluding carboxylic acids is 1. The van der Waals surface area contributed by atoms with E-state index in [1.54, 1.807) is 28.5 Å². The molecule has 2 aromatic rings. The van der Waals surface area contributed by atoms with Crippen molar-refractivity contribution in [1.82, 2.24) is 14.5 Å². The van der Waals surface area contributed by atoms with Crippen LogP contribution in [0.1, 0.15) is 18.1 Å². The van der Waals surface area contributed by atoms with Crippen LogP contribution in [0, 0.1) is 17.1 Å². The number of halogens is 1. The van der Waals surface area contributed by atoms with Crippen molar-refractivity contribution in [3.05, 3.63) is 51.7 Å². The first-order valence-electron chi connectivity index (χ1n) is 9.70. The molecule has 4 rings (SSSR count). The van der Waals surface area contributed by atoms with Crippen LogP contribution in [-0.2, 0) is 16.7 Å². The summed E-state index contributed by atoms with van der Waals surface area (Å²) in [5, 5.41) is 8.43. The van der Waals surface area contributed by atoms with E-state index in [0.29, 0.717) is 31.0 Å². The number of amides is 1. The Labute approximate surface area is 174 Å². The Bertz CT molecular complexity index is 1130. The summed E-state index contributed by atoms with van der Waals surface area (Å²) in [4.78, 5) is 32.7. The maximum Gasteiger partial charge on any atom is 0.351 e.